The summed E-state index contributed by atoms with van der Waals surface area (Å²) in [6.45, 7) is 24.0. The maximum atomic E-state index is 7.86. The van der Waals surface area contributed by atoms with E-state index in [0.29, 0.717) is 11.8 Å². The molecule has 43 heavy (non-hydrogen) atoms. The van der Waals surface area contributed by atoms with E-state index >= 15 is 0 Å². The number of piperidine rings is 2. The Kier molecular flexibility index (Phi) is 10.2. The lowest BCUT2D eigenvalue weighted by Gasteiger charge is -2.61. The van der Waals surface area contributed by atoms with Crippen LogP contribution in [0.5, 0.6) is 0 Å². The first kappa shape index (κ1) is 34.4. The highest BCUT2D eigenvalue weighted by Crippen LogP contribution is 2.48. The molecule has 0 amide bonds. The molecular formula is C38H62N2O2Si. The van der Waals surface area contributed by atoms with Crippen LogP contribution >= 0.6 is 0 Å². The van der Waals surface area contributed by atoms with Crippen molar-refractivity contribution in [3.63, 3.8) is 0 Å². The zero-order valence-corrected chi connectivity index (χ0v) is 30.5. The van der Waals surface area contributed by atoms with Gasteiger partial charge in [-0.05, 0) is 103 Å². The van der Waals surface area contributed by atoms with Crippen molar-refractivity contribution in [2.24, 2.45) is 11.8 Å². The lowest BCUT2D eigenvalue weighted by Crippen LogP contribution is -2.73. The standard InChI is InChI=1S/C38H62N2O2Si/c1-13-35(7)27-33(29(5)37(9,15-3)39(35)11)41-43(31-23-19-17-20-24-31,32-25-21-18-22-26-32)42-34-28-36(8,14-2)40(12)38(10,16-4)30(34)6/h17-26,29-30,33-34H,13-16,27-28H2,1-12H3. The van der Waals surface area contributed by atoms with Gasteiger partial charge < -0.3 is 8.85 Å². The third kappa shape index (κ3) is 5.71. The average Bonchev–Trinajstić information content (AvgIpc) is 3.04. The quantitative estimate of drug-likeness (QED) is 0.260. The highest BCUT2D eigenvalue weighted by atomic mass is 28.4. The molecule has 0 N–H and O–H groups in total. The van der Waals surface area contributed by atoms with E-state index in [4.69, 9.17) is 8.85 Å². The summed E-state index contributed by atoms with van der Waals surface area (Å²) in [6.07, 6.45) is 6.50. The minimum absolute atomic E-state index is 0.0314. The molecule has 2 heterocycles. The van der Waals surface area contributed by atoms with Gasteiger partial charge in [-0.1, -0.05) is 102 Å². The highest BCUT2D eigenvalue weighted by molar-refractivity contribution is 6.92. The maximum absolute atomic E-state index is 7.86. The Balaban J connectivity index is 1.92. The van der Waals surface area contributed by atoms with Crippen molar-refractivity contribution in [3.05, 3.63) is 60.7 Å². The fourth-order valence-electron chi connectivity index (χ4n) is 8.52. The van der Waals surface area contributed by atoms with Crippen molar-refractivity contribution in [1.29, 1.82) is 0 Å². The number of nitrogens with zero attached hydrogens (tertiary/aromatic N) is 2. The van der Waals surface area contributed by atoms with Crippen molar-refractivity contribution in [1.82, 2.24) is 9.80 Å². The molecule has 8 unspecified atom stereocenters. The van der Waals surface area contributed by atoms with Crippen molar-refractivity contribution in [2.75, 3.05) is 14.1 Å². The summed E-state index contributed by atoms with van der Waals surface area (Å²) in [5.74, 6) is 0.698. The lowest BCUT2D eigenvalue weighted by atomic mass is 9.68. The van der Waals surface area contributed by atoms with Crippen LogP contribution in [0, 0.1) is 11.8 Å². The fourth-order valence-corrected chi connectivity index (χ4v) is 12.1. The first-order valence-corrected chi connectivity index (χ1v) is 19.0. The molecule has 2 aliphatic heterocycles. The van der Waals surface area contributed by atoms with Gasteiger partial charge in [0.1, 0.15) is 0 Å². The summed E-state index contributed by atoms with van der Waals surface area (Å²) in [5.41, 5.74) is 0.170. The Labute approximate surface area is 265 Å². The molecule has 0 aromatic heterocycles. The van der Waals surface area contributed by atoms with Crippen molar-refractivity contribution in [3.8, 4) is 0 Å². The number of likely N-dealkylation sites (tertiary alicyclic amines) is 2. The van der Waals surface area contributed by atoms with Crippen molar-refractivity contribution < 1.29 is 8.85 Å². The Bertz CT molecular complexity index is 1100. The van der Waals surface area contributed by atoms with Crippen LogP contribution in [0.25, 0.3) is 0 Å². The van der Waals surface area contributed by atoms with E-state index in [0.717, 1.165) is 38.5 Å². The number of rotatable bonds is 10. The predicted molar refractivity (Wildman–Crippen MR) is 186 cm³/mol. The molecule has 240 valence electrons. The summed E-state index contributed by atoms with van der Waals surface area (Å²) in [6, 6.07) is 22.0. The summed E-state index contributed by atoms with van der Waals surface area (Å²) in [7, 11) is 1.49. The van der Waals surface area contributed by atoms with Gasteiger partial charge in [-0.25, -0.2) is 0 Å². The minimum Gasteiger partial charge on any atom is -0.384 e. The molecule has 4 rings (SSSR count). The molecule has 2 saturated heterocycles. The minimum atomic E-state index is -3.19. The smallest absolute Gasteiger partial charge is 0.384 e. The predicted octanol–water partition coefficient (Wildman–Crippen LogP) is 7.63. The summed E-state index contributed by atoms with van der Waals surface area (Å²) in [5, 5.41) is 2.43. The van der Waals surface area contributed by atoms with Gasteiger partial charge in [0.15, 0.2) is 0 Å². The van der Waals surface area contributed by atoms with Crippen LogP contribution in [0.3, 0.4) is 0 Å². The normalized spacial score (nSPS) is 37.9. The van der Waals surface area contributed by atoms with Gasteiger partial charge in [-0.3, -0.25) is 9.80 Å². The largest absolute Gasteiger partial charge is 0.407 e. The van der Waals surface area contributed by atoms with Gasteiger partial charge in [0.25, 0.3) is 0 Å². The fraction of sp³-hybridized carbons (Fsp3) is 0.684. The van der Waals surface area contributed by atoms with E-state index in [-0.39, 0.29) is 34.4 Å². The zero-order chi connectivity index (χ0) is 31.8. The van der Waals surface area contributed by atoms with E-state index in [9.17, 15) is 0 Å². The molecule has 4 nitrogen and oxygen atoms in total. The lowest BCUT2D eigenvalue weighted by molar-refractivity contribution is -0.137. The molecule has 5 heteroatoms. The Morgan fingerprint density at radius 1 is 0.605 bits per heavy atom. The van der Waals surface area contributed by atoms with E-state index in [1.807, 2.05) is 0 Å². The second-order valence-corrected chi connectivity index (χ2v) is 17.7. The number of benzene rings is 2. The van der Waals surface area contributed by atoms with Crippen LogP contribution in [-0.4, -0.2) is 66.8 Å². The highest BCUT2D eigenvalue weighted by Gasteiger charge is 2.58. The van der Waals surface area contributed by atoms with E-state index < -0.39 is 8.56 Å². The molecule has 0 radical (unpaired) electrons. The molecule has 2 aromatic rings. The third-order valence-corrected chi connectivity index (χ3v) is 16.9. The molecular weight excluding hydrogens is 545 g/mol. The van der Waals surface area contributed by atoms with Crippen LogP contribution in [0.2, 0.25) is 0 Å². The van der Waals surface area contributed by atoms with Crippen LogP contribution in [0.1, 0.15) is 108 Å². The van der Waals surface area contributed by atoms with E-state index in [1.165, 1.54) is 10.4 Å². The van der Waals surface area contributed by atoms with Crippen LogP contribution in [0.15, 0.2) is 60.7 Å². The summed E-state index contributed by atoms with van der Waals surface area (Å²) < 4.78 is 15.7. The number of hydrogen-bond acceptors (Lipinski definition) is 4. The average molecular weight is 607 g/mol. The monoisotopic (exact) mass is 606 g/mol. The summed E-state index contributed by atoms with van der Waals surface area (Å²) in [4.78, 5) is 5.33. The second-order valence-electron chi connectivity index (χ2n) is 14.9. The second kappa shape index (κ2) is 12.7. The molecule has 0 saturated carbocycles. The first-order valence-electron chi connectivity index (χ1n) is 17.2. The third-order valence-electron chi connectivity index (χ3n) is 13.4. The molecule has 2 fully saturated rings. The van der Waals surface area contributed by atoms with Gasteiger partial charge in [-0.15, -0.1) is 0 Å². The first-order chi connectivity index (χ1) is 20.2. The van der Waals surface area contributed by atoms with E-state index in [1.54, 1.807) is 0 Å². The molecule has 0 bridgehead atoms. The molecule has 8 atom stereocenters. The van der Waals surface area contributed by atoms with Crippen molar-refractivity contribution in [2.45, 2.75) is 142 Å². The van der Waals surface area contributed by atoms with Gasteiger partial charge >= 0.3 is 8.56 Å². The molecule has 0 aliphatic carbocycles. The van der Waals surface area contributed by atoms with Gasteiger partial charge in [0.2, 0.25) is 0 Å². The Morgan fingerprint density at radius 3 is 1.21 bits per heavy atom. The van der Waals surface area contributed by atoms with Crippen LogP contribution in [-0.2, 0) is 8.85 Å². The SMILES string of the molecule is CCC1(C)CC(O[Si](OC2CC(C)(CC)N(C)C(C)(CC)C2C)(c2ccccc2)c2ccccc2)C(C)C(C)(CC)N1C. The van der Waals surface area contributed by atoms with E-state index in [2.05, 4.69) is 154 Å². The van der Waals surface area contributed by atoms with Gasteiger partial charge in [0, 0.05) is 22.2 Å². The topological polar surface area (TPSA) is 24.9 Å². The van der Waals surface area contributed by atoms with Crippen LogP contribution in [0.4, 0.5) is 0 Å². The number of hydrogen-bond donors (Lipinski definition) is 0. The maximum Gasteiger partial charge on any atom is 0.407 e. The van der Waals surface area contributed by atoms with Gasteiger partial charge in [-0.2, -0.15) is 0 Å². The zero-order valence-electron chi connectivity index (χ0n) is 29.5. The molecule has 2 aliphatic rings. The van der Waals surface area contributed by atoms with Crippen LogP contribution < -0.4 is 10.4 Å². The summed E-state index contributed by atoms with van der Waals surface area (Å²) >= 11 is 0. The molecule has 0 spiro atoms. The van der Waals surface area contributed by atoms with Crippen molar-refractivity contribution >= 4 is 18.9 Å². The van der Waals surface area contributed by atoms with Gasteiger partial charge in [0.05, 0.1) is 12.2 Å². The molecule has 2 aromatic carbocycles. The Hall–Kier alpha value is -1.50. The Morgan fingerprint density at radius 2 is 0.930 bits per heavy atom.